The number of rotatable bonds is 7. The molecule has 2 aromatic heterocycles. The van der Waals surface area contributed by atoms with Gasteiger partial charge in [0.1, 0.15) is 5.75 Å². The third-order valence-electron chi connectivity index (χ3n) is 5.75. The quantitative estimate of drug-likeness (QED) is 0.253. The molecule has 1 fully saturated rings. The smallest absolute Gasteiger partial charge is 0.191 e. The van der Waals surface area contributed by atoms with E-state index in [-0.39, 0.29) is 24.0 Å². The van der Waals surface area contributed by atoms with E-state index in [2.05, 4.69) is 50.7 Å². The van der Waals surface area contributed by atoms with Gasteiger partial charge in [0.25, 0.3) is 0 Å². The van der Waals surface area contributed by atoms with Crippen molar-refractivity contribution in [3.63, 3.8) is 0 Å². The summed E-state index contributed by atoms with van der Waals surface area (Å²) in [6, 6.07) is 14.6. The van der Waals surface area contributed by atoms with Crippen LogP contribution in [0, 0.1) is 13.8 Å². The molecule has 0 amide bonds. The first-order chi connectivity index (χ1) is 16.1. The second-order valence-corrected chi connectivity index (χ2v) is 8.31. The summed E-state index contributed by atoms with van der Waals surface area (Å²) < 4.78 is 7.40. The second-order valence-electron chi connectivity index (χ2n) is 8.31. The third-order valence-corrected chi connectivity index (χ3v) is 5.75. The number of hydrogen-bond acceptors (Lipinski definition) is 5. The molecule has 1 aromatic carbocycles. The molecule has 9 heteroatoms. The highest BCUT2D eigenvalue weighted by Crippen LogP contribution is 2.30. The highest BCUT2D eigenvalue weighted by Gasteiger charge is 2.25. The van der Waals surface area contributed by atoms with Gasteiger partial charge in [-0.25, -0.2) is 14.7 Å². The fourth-order valence-electron chi connectivity index (χ4n) is 4.17. The minimum absolute atomic E-state index is 0. The van der Waals surface area contributed by atoms with Gasteiger partial charge in [-0.1, -0.05) is 18.2 Å². The average Bonchev–Trinajstić information content (AvgIpc) is 3.43. The lowest BCUT2D eigenvalue weighted by molar-refractivity contribution is 0.415. The highest BCUT2D eigenvalue weighted by atomic mass is 127. The van der Waals surface area contributed by atoms with E-state index in [0.29, 0.717) is 12.6 Å². The lowest BCUT2D eigenvalue weighted by Gasteiger charge is -2.22. The molecule has 182 valence electrons. The molecule has 1 atom stereocenters. The van der Waals surface area contributed by atoms with Crippen molar-refractivity contribution in [1.29, 1.82) is 0 Å². The van der Waals surface area contributed by atoms with Gasteiger partial charge in [-0.3, -0.25) is 0 Å². The van der Waals surface area contributed by atoms with Crippen molar-refractivity contribution in [1.82, 2.24) is 25.4 Å². The molecule has 8 nitrogen and oxygen atoms in total. The van der Waals surface area contributed by atoms with Gasteiger partial charge in [0.05, 0.1) is 25.0 Å². The van der Waals surface area contributed by atoms with E-state index in [4.69, 9.17) is 9.73 Å². The number of aliphatic imine (C=N–C) groups is 1. The number of nitrogens with one attached hydrogen (secondary N) is 2. The van der Waals surface area contributed by atoms with Crippen LogP contribution in [0.25, 0.3) is 5.82 Å². The van der Waals surface area contributed by atoms with Crippen LogP contribution in [0.4, 0.5) is 5.69 Å². The number of ether oxygens (including phenoxy) is 1. The fraction of sp³-hybridized carbons (Fsp3) is 0.400. The van der Waals surface area contributed by atoms with Crippen LogP contribution < -0.4 is 20.3 Å². The van der Waals surface area contributed by atoms with Crippen molar-refractivity contribution in [3.8, 4) is 11.6 Å². The van der Waals surface area contributed by atoms with Gasteiger partial charge in [-0.15, -0.1) is 24.0 Å². The summed E-state index contributed by atoms with van der Waals surface area (Å²) in [4.78, 5) is 11.7. The fourth-order valence-corrected chi connectivity index (χ4v) is 4.17. The van der Waals surface area contributed by atoms with E-state index in [9.17, 15) is 0 Å². The van der Waals surface area contributed by atoms with Crippen LogP contribution in [0.1, 0.15) is 30.3 Å². The van der Waals surface area contributed by atoms with Crippen LogP contribution in [0.3, 0.4) is 0 Å². The molecule has 0 saturated carbocycles. The molecule has 0 bridgehead atoms. The molecule has 3 aromatic rings. The lowest BCUT2D eigenvalue weighted by Crippen LogP contribution is -2.44. The van der Waals surface area contributed by atoms with Crippen LogP contribution in [-0.4, -0.2) is 53.5 Å². The predicted octanol–water partition coefficient (Wildman–Crippen LogP) is 3.84. The molecule has 4 rings (SSSR count). The zero-order valence-electron chi connectivity index (χ0n) is 20.3. The molecule has 1 aliphatic rings. The summed E-state index contributed by atoms with van der Waals surface area (Å²) >= 11 is 0. The Kier molecular flexibility index (Phi) is 9.14. The number of methoxy groups -OCH3 is 1. The predicted molar refractivity (Wildman–Crippen MR) is 148 cm³/mol. The second kappa shape index (κ2) is 12.0. The topological polar surface area (TPSA) is 79.6 Å². The zero-order valence-corrected chi connectivity index (χ0v) is 22.6. The van der Waals surface area contributed by atoms with Gasteiger partial charge >= 0.3 is 0 Å². The average molecular weight is 575 g/mol. The van der Waals surface area contributed by atoms with Gasteiger partial charge in [-0.2, -0.15) is 5.10 Å². The Hall–Kier alpha value is -2.82. The molecule has 1 saturated heterocycles. The summed E-state index contributed by atoms with van der Waals surface area (Å²) in [6.07, 6.45) is 2.92. The molecule has 3 heterocycles. The summed E-state index contributed by atoms with van der Waals surface area (Å²) in [5.41, 5.74) is 4.25. The number of pyridine rings is 1. The van der Waals surface area contributed by atoms with Gasteiger partial charge in [0.15, 0.2) is 11.8 Å². The van der Waals surface area contributed by atoms with Crippen molar-refractivity contribution >= 4 is 35.6 Å². The van der Waals surface area contributed by atoms with Gasteiger partial charge in [0, 0.05) is 37.6 Å². The van der Waals surface area contributed by atoms with Crippen molar-refractivity contribution in [3.05, 3.63) is 65.6 Å². The van der Waals surface area contributed by atoms with Crippen LogP contribution in [0.15, 0.2) is 53.7 Å². The molecular formula is C25H34IN7O. The number of anilines is 1. The van der Waals surface area contributed by atoms with E-state index in [1.54, 1.807) is 7.11 Å². The Balaban J connectivity index is 0.00000324. The maximum atomic E-state index is 5.53. The first-order valence-corrected chi connectivity index (χ1v) is 11.5. The van der Waals surface area contributed by atoms with E-state index in [1.165, 1.54) is 0 Å². The number of aryl methyl sites for hydroxylation is 2. The monoisotopic (exact) mass is 575 g/mol. The molecule has 34 heavy (non-hydrogen) atoms. The molecule has 0 spiro atoms. The van der Waals surface area contributed by atoms with Crippen molar-refractivity contribution in [2.24, 2.45) is 4.99 Å². The first kappa shape index (κ1) is 25.8. The molecule has 0 aliphatic carbocycles. The summed E-state index contributed by atoms with van der Waals surface area (Å²) in [5, 5.41) is 11.5. The van der Waals surface area contributed by atoms with E-state index < -0.39 is 0 Å². The standard InChI is InChI=1S/C25H33N7O.HI/c1-5-26-25(29-21-12-13-31(17-21)22-8-6-7-9-23(22)33-4)28-16-20-10-11-24(27-15-20)32-19(3)14-18(2)30-32;/h6-11,14-15,21H,5,12-13,16-17H2,1-4H3,(H2,26,28,29);1H. The number of aromatic nitrogens is 3. The number of para-hydroxylation sites is 2. The summed E-state index contributed by atoms with van der Waals surface area (Å²) in [6.45, 7) is 9.36. The van der Waals surface area contributed by atoms with Crippen LogP contribution >= 0.6 is 24.0 Å². The largest absolute Gasteiger partial charge is 0.495 e. The minimum Gasteiger partial charge on any atom is -0.495 e. The Bertz CT molecular complexity index is 1100. The van der Waals surface area contributed by atoms with E-state index in [1.807, 2.05) is 49.0 Å². The molecular weight excluding hydrogens is 541 g/mol. The van der Waals surface area contributed by atoms with Gasteiger partial charge in [-0.05, 0) is 57.0 Å². The van der Waals surface area contributed by atoms with Crippen molar-refractivity contribution in [2.45, 2.75) is 39.8 Å². The normalized spacial score (nSPS) is 15.7. The Morgan fingerprint density at radius 1 is 1.21 bits per heavy atom. The third kappa shape index (κ3) is 6.19. The number of hydrogen-bond donors (Lipinski definition) is 2. The van der Waals surface area contributed by atoms with Gasteiger partial charge < -0.3 is 20.3 Å². The molecule has 1 unspecified atom stereocenters. The Morgan fingerprint density at radius 2 is 2.03 bits per heavy atom. The maximum Gasteiger partial charge on any atom is 0.191 e. The maximum absolute atomic E-state index is 5.53. The number of benzene rings is 1. The number of nitrogens with zero attached hydrogens (tertiary/aromatic N) is 5. The van der Waals surface area contributed by atoms with E-state index >= 15 is 0 Å². The Morgan fingerprint density at radius 3 is 2.71 bits per heavy atom. The van der Waals surface area contributed by atoms with Gasteiger partial charge in [0.2, 0.25) is 0 Å². The van der Waals surface area contributed by atoms with Crippen LogP contribution in [0.5, 0.6) is 5.75 Å². The summed E-state index contributed by atoms with van der Waals surface area (Å²) in [5.74, 6) is 2.56. The molecule has 0 radical (unpaired) electrons. The highest BCUT2D eigenvalue weighted by molar-refractivity contribution is 14.0. The molecule has 2 N–H and O–H groups in total. The van der Waals surface area contributed by atoms with E-state index in [0.717, 1.165) is 66.2 Å². The van der Waals surface area contributed by atoms with Crippen molar-refractivity contribution in [2.75, 3.05) is 31.6 Å². The van der Waals surface area contributed by atoms with Crippen LogP contribution in [0.2, 0.25) is 0 Å². The molecule has 1 aliphatic heterocycles. The van der Waals surface area contributed by atoms with Crippen LogP contribution in [-0.2, 0) is 6.54 Å². The number of guanidine groups is 1. The lowest BCUT2D eigenvalue weighted by atomic mass is 10.2. The first-order valence-electron chi connectivity index (χ1n) is 11.5. The number of halogens is 1. The zero-order chi connectivity index (χ0) is 23.2. The summed E-state index contributed by atoms with van der Waals surface area (Å²) in [7, 11) is 1.72. The minimum atomic E-state index is 0. The van der Waals surface area contributed by atoms with Crippen molar-refractivity contribution < 1.29 is 4.74 Å². The SMILES string of the molecule is CCNC(=NCc1ccc(-n2nc(C)cc2C)nc1)NC1CCN(c2ccccc2OC)C1.I. The Labute approximate surface area is 218 Å².